The van der Waals surface area contributed by atoms with Gasteiger partial charge in [-0.25, -0.2) is 4.79 Å². The second kappa shape index (κ2) is 11.6. The van der Waals surface area contributed by atoms with Crippen molar-refractivity contribution in [3.05, 3.63) is 70.9 Å². The Morgan fingerprint density at radius 2 is 2.03 bits per heavy atom. The van der Waals surface area contributed by atoms with E-state index in [1.807, 2.05) is 29.7 Å². The van der Waals surface area contributed by atoms with Gasteiger partial charge in [-0.1, -0.05) is 48.2 Å². The van der Waals surface area contributed by atoms with Gasteiger partial charge in [0.15, 0.2) is 5.16 Å². The monoisotopic (exact) mass is 470 g/mol. The summed E-state index contributed by atoms with van der Waals surface area (Å²) in [6.07, 6.45) is 3.39. The van der Waals surface area contributed by atoms with Crippen LogP contribution in [0.25, 0.3) is 0 Å². The molecule has 0 aliphatic heterocycles. The summed E-state index contributed by atoms with van der Waals surface area (Å²) in [6, 6.07) is 11.9. The summed E-state index contributed by atoms with van der Waals surface area (Å²) < 4.78 is 7.05. The summed E-state index contributed by atoms with van der Waals surface area (Å²) in [4.78, 5) is 25.6. The number of hydrogen-bond acceptors (Lipinski definition) is 7. The molecule has 0 unspecified atom stereocenters. The predicted molar refractivity (Wildman–Crippen MR) is 128 cm³/mol. The molecule has 9 heteroatoms. The van der Waals surface area contributed by atoms with Crippen LogP contribution >= 0.6 is 23.1 Å². The minimum Gasteiger partial charge on any atom is -0.462 e. The molecule has 1 amide bonds. The minimum atomic E-state index is -0.436. The number of carbonyl (C=O) groups excluding carboxylic acids is 2. The molecule has 0 aliphatic rings. The van der Waals surface area contributed by atoms with E-state index in [9.17, 15) is 9.59 Å². The van der Waals surface area contributed by atoms with Crippen molar-refractivity contribution >= 4 is 40.0 Å². The largest absolute Gasteiger partial charge is 0.462 e. The number of amides is 1. The molecular weight excluding hydrogens is 444 g/mol. The average Bonchev–Trinajstić information content (AvgIpc) is 3.34. The van der Waals surface area contributed by atoms with Crippen LogP contribution in [-0.4, -0.2) is 39.0 Å². The number of nitrogens with one attached hydrogen (secondary N) is 1. The van der Waals surface area contributed by atoms with Crippen molar-refractivity contribution in [3.63, 3.8) is 0 Å². The van der Waals surface area contributed by atoms with E-state index in [1.54, 1.807) is 19.1 Å². The zero-order valence-corrected chi connectivity index (χ0v) is 19.8. The van der Waals surface area contributed by atoms with Crippen LogP contribution in [0.15, 0.2) is 54.2 Å². The van der Waals surface area contributed by atoms with Crippen LogP contribution in [-0.2, 0) is 28.9 Å². The van der Waals surface area contributed by atoms with Crippen LogP contribution in [0.5, 0.6) is 0 Å². The summed E-state index contributed by atoms with van der Waals surface area (Å²) in [5, 5.41) is 12.6. The smallest absolute Gasteiger partial charge is 0.341 e. The SMILES string of the molecule is C=CCn1c(CCc2ccccc2)nnc1SCC(=O)Nc1sc(C)cc1C(=O)OCC. The number of thioether (sulfide) groups is 1. The van der Waals surface area contributed by atoms with Gasteiger partial charge in [0, 0.05) is 17.8 Å². The molecule has 0 aliphatic carbocycles. The maximum Gasteiger partial charge on any atom is 0.341 e. The topological polar surface area (TPSA) is 86.1 Å². The zero-order chi connectivity index (χ0) is 22.9. The van der Waals surface area contributed by atoms with Crippen LogP contribution < -0.4 is 5.32 Å². The maximum absolute atomic E-state index is 12.6. The normalized spacial score (nSPS) is 10.7. The summed E-state index contributed by atoms with van der Waals surface area (Å²) in [5.74, 6) is 0.345. The summed E-state index contributed by atoms with van der Waals surface area (Å²) in [7, 11) is 0. The highest BCUT2D eigenvalue weighted by Crippen LogP contribution is 2.29. The number of ether oxygens (including phenoxy) is 1. The summed E-state index contributed by atoms with van der Waals surface area (Å²) in [6.45, 7) is 8.30. The fourth-order valence-electron chi connectivity index (χ4n) is 3.08. The number of thiophene rings is 1. The van der Waals surface area contributed by atoms with Gasteiger partial charge < -0.3 is 14.6 Å². The fourth-order valence-corrected chi connectivity index (χ4v) is 4.77. The third kappa shape index (κ3) is 6.30. The van der Waals surface area contributed by atoms with E-state index in [2.05, 4.69) is 34.2 Å². The van der Waals surface area contributed by atoms with Gasteiger partial charge in [-0.2, -0.15) is 0 Å². The van der Waals surface area contributed by atoms with Crippen LogP contribution in [0.4, 0.5) is 5.00 Å². The third-order valence-electron chi connectivity index (χ3n) is 4.52. The molecule has 0 spiro atoms. The van der Waals surface area contributed by atoms with Crippen LogP contribution in [0.1, 0.15) is 33.5 Å². The number of aryl methyl sites for hydroxylation is 3. The number of allylic oxidation sites excluding steroid dienone is 1. The maximum atomic E-state index is 12.6. The first kappa shape index (κ1) is 23.7. The highest BCUT2D eigenvalue weighted by Gasteiger charge is 2.19. The molecular formula is C23H26N4O3S2. The molecule has 168 valence electrons. The summed E-state index contributed by atoms with van der Waals surface area (Å²) in [5.41, 5.74) is 1.61. The van der Waals surface area contributed by atoms with Crippen LogP contribution in [0, 0.1) is 6.92 Å². The molecule has 1 aromatic carbocycles. The Balaban J connectivity index is 1.63. The Labute approximate surface area is 195 Å². The number of rotatable bonds is 11. The number of carbonyl (C=O) groups is 2. The summed E-state index contributed by atoms with van der Waals surface area (Å²) >= 11 is 2.66. The van der Waals surface area contributed by atoms with Gasteiger partial charge in [0.05, 0.1) is 17.9 Å². The number of aromatic nitrogens is 3. The van der Waals surface area contributed by atoms with E-state index in [4.69, 9.17) is 4.74 Å². The lowest BCUT2D eigenvalue weighted by Gasteiger charge is -2.08. The zero-order valence-electron chi connectivity index (χ0n) is 18.2. The molecule has 2 aromatic heterocycles. The quantitative estimate of drug-likeness (QED) is 0.252. The lowest BCUT2D eigenvalue weighted by molar-refractivity contribution is -0.113. The Hall–Kier alpha value is -2.91. The van der Waals surface area contributed by atoms with Crippen LogP contribution in [0.2, 0.25) is 0 Å². The number of anilines is 1. The molecule has 0 saturated heterocycles. The highest BCUT2D eigenvalue weighted by molar-refractivity contribution is 7.99. The Morgan fingerprint density at radius 1 is 1.25 bits per heavy atom. The van der Waals surface area contributed by atoms with Crippen molar-refractivity contribution in [2.75, 3.05) is 17.7 Å². The molecule has 0 saturated carbocycles. The van der Waals surface area contributed by atoms with Gasteiger partial charge in [-0.05, 0) is 31.9 Å². The van der Waals surface area contributed by atoms with E-state index in [0.717, 1.165) is 23.5 Å². The van der Waals surface area contributed by atoms with Crippen LogP contribution in [0.3, 0.4) is 0 Å². The molecule has 32 heavy (non-hydrogen) atoms. The van der Waals surface area contributed by atoms with Gasteiger partial charge >= 0.3 is 5.97 Å². The average molecular weight is 471 g/mol. The lowest BCUT2D eigenvalue weighted by atomic mass is 10.1. The highest BCUT2D eigenvalue weighted by atomic mass is 32.2. The Morgan fingerprint density at radius 3 is 2.75 bits per heavy atom. The lowest BCUT2D eigenvalue weighted by Crippen LogP contribution is -2.16. The molecule has 0 bridgehead atoms. The molecule has 1 N–H and O–H groups in total. The molecule has 0 fully saturated rings. The molecule has 0 atom stereocenters. The predicted octanol–water partition coefficient (Wildman–Crippen LogP) is 4.53. The second-order valence-electron chi connectivity index (χ2n) is 6.94. The van der Waals surface area contributed by atoms with Crippen molar-refractivity contribution in [1.82, 2.24) is 14.8 Å². The van der Waals surface area contributed by atoms with Crippen molar-refractivity contribution in [3.8, 4) is 0 Å². The van der Waals surface area contributed by atoms with Crippen molar-refractivity contribution < 1.29 is 14.3 Å². The first-order valence-corrected chi connectivity index (χ1v) is 12.1. The van der Waals surface area contributed by atoms with E-state index >= 15 is 0 Å². The van der Waals surface area contributed by atoms with Gasteiger partial charge in [-0.3, -0.25) is 4.79 Å². The van der Waals surface area contributed by atoms with Crippen molar-refractivity contribution in [2.24, 2.45) is 0 Å². The first-order valence-electron chi connectivity index (χ1n) is 10.3. The van der Waals surface area contributed by atoms with Gasteiger partial charge in [0.2, 0.25) is 5.91 Å². The third-order valence-corrected chi connectivity index (χ3v) is 6.45. The molecule has 2 heterocycles. The molecule has 3 aromatic rings. The minimum absolute atomic E-state index is 0.146. The van der Waals surface area contributed by atoms with E-state index < -0.39 is 5.97 Å². The van der Waals surface area contributed by atoms with Gasteiger partial charge in [0.1, 0.15) is 10.8 Å². The molecule has 7 nitrogen and oxygen atoms in total. The number of hydrogen-bond donors (Lipinski definition) is 1. The first-order chi connectivity index (χ1) is 15.5. The van der Waals surface area contributed by atoms with Gasteiger partial charge in [-0.15, -0.1) is 28.1 Å². The Kier molecular flexibility index (Phi) is 8.64. The molecule has 3 rings (SSSR count). The second-order valence-corrected chi connectivity index (χ2v) is 9.14. The Bertz CT molecular complexity index is 1080. The van der Waals surface area contributed by atoms with E-state index in [1.165, 1.54) is 28.7 Å². The standard InChI is InChI=1S/C23H26N4O3S2/c1-4-13-27-19(12-11-17-9-7-6-8-10-17)25-26-23(27)31-15-20(28)24-21-18(14-16(3)32-21)22(29)30-5-2/h4,6-10,14H,1,5,11-13,15H2,2-3H3,(H,24,28). The van der Waals surface area contributed by atoms with Crippen molar-refractivity contribution in [1.29, 1.82) is 0 Å². The van der Waals surface area contributed by atoms with Gasteiger partial charge in [0.25, 0.3) is 0 Å². The number of benzene rings is 1. The molecule has 0 radical (unpaired) electrons. The van der Waals surface area contributed by atoms with E-state index in [0.29, 0.717) is 22.3 Å². The van der Waals surface area contributed by atoms with Crippen molar-refractivity contribution in [2.45, 2.75) is 38.4 Å². The number of nitrogens with zero attached hydrogens (tertiary/aromatic N) is 3. The fraction of sp³-hybridized carbons (Fsp3) is 0.304. The van der Waals surface area contributed by atoms with E-state index in [-0.39, 0.29) is 18.3 Å². The number of esters is 1.